The lowest BCUT2D eigenvalue weighted by Crippen LogP contribution is -2.40. The van der Waals surface area contributed by atoms with Crippen molar-refractivity contribution in [3.8, 4) is 0 Å². The van der Waals surface area contributed by atoms with Gasteiger partial charge < -0.3 is 4.74 Å². The molecule has 0 saturated heterocycles. The van der Waals surface area contributed by atoms with Gasteiger partial charge in [-0.3, -0.25) is 4.79 Å². The van der Waals surface area contributed by atoms with Crippen LogP contribution in [0.2, 0.25) is 0 Å². The molecule has 0 bridgehead atoms. The smallest absolute Gasteiger partial charge is 0.303 e. The highest BCUT2D eigenvalue weighted by atomic mass is 16.5. The molecule has 0 aromatic carbocycles. The van der Waals surface area contributed by atoms with Crippen molar-refractivity contribution in [2.24, 2.45) is 17.3 Å². The van der Waals surface area contributed by atoms with Gasteiger partial charge in [0.15, 0.2) is 0 Å². The van der Waals surface area contributed by atoms with E-state index in [0.717, 1.165) is 24.7 Å². The van der Waals surface area contributed by atoms with Gasteiger partial charge in [0.1, 0.15) is 6.10 Å². The summed E-state index contributed by atoms with van der Waals surface area (Å²) in [6.45, 7) is 8.63. The maximum absolute atomic E-state index is 11.0. The topological polar surface area (TPSA) is 26.3 Å². The van der Waals surface area contributed by atoms with E-state index in [4.69, 9.17) is 4.74 Å². The molecule has 2 aliphatic rings. The Kier molecular flexibility index (Phi) is 3.33. The summed E-state index contributed by atoms with van der Waals surface area (Å²) >= 11 is 0. The van der Waals surface area contributed by atoms with E-state index in [1.807, 2.05) is 0 Å². The molecule has 0 amide bonds. The van der Waals surface area contributed by atoms with Crippen molar-refractivity contribution in [3.05, 3.63) is 11.6 Å². The summed E-state index contributed by atoms with van der Waals surface area (Å²) in [5.74, 6) is 1.39. The Hall–Kier alpha value is -0.790. The standard InChI is InChI=1S/C15H24O2/c1-10-5-6-13-9-14(17-12(3)16)7-8-15(13,4)11(10)2/h9-11,14H,5-8H2,1-4H3/t10-,11-,14+,15-/m1/s1. The summed E-state index contributed by atoms with van der Waals surface area (Å²) in [7, 11) is 0. The maximum Gasteiger partial charge on any atom is 0.303 e. The zero-order chi connectivity index (χ0) is 12.6. The minimum atomic E-state index is -0.160. The predicted molar refractivity (Wildman–Crippen MR) is 68.5 cm³/mol. The molecule has 96 valence electrons. The Morgan fingerprint density at radius 1 is 1.41 bits per heavy atom. The van der Waals surface area contributed by atoms with Crippen LogP contribution in [-0.2, 0) is 9.53 Å². The molecule has 2 nitrogen and oxygen atoms in total. The molecule has 4 atom stereocenters. The van der Waals surface area contributed by atoms with Gasteiger partial charge in [-0.25, -0.2) is 0 Å². The van der Waals surface area contributed by atoms with Crippen LogP contribution < -0.4 is 0 Å². The summed E-state index contributed by atoms with van der Waals surface area (Å²) in [6.07, 6.45) is 6.85. The summed E-state index contributed by atoms with van der Waals surface area (Å²) in [5, 5.41) is 0. The fraction of sp³-hybridized carbons (Fsp3) is 0.800. The van der Waals surface area contributed by atoms with Crippen molar-refractivity contribution in [1.82, 2.24) is 0 Å². The van der Waals surface area contributed by atoms with E-state index in [-0.39, 0.29) is 12.1 Å². The number of hydrogen-bond donors (Lipinski definition) is 0. The van der Waals surface area contributed by atoms with Crippen molar-refractivity contribution >= 4 is 5.97 Å². The Morgan fingerprint density at radius 3 is 2.76 bits per heavy atom. The monoisotopic (exact) mass is 236 g/mol. The quantitative estimate of drug-likeness (QED) is 0.512. The van der Waals surface area contributed by atoms with Gasteiger partial charge in [-0.05, 0) is 49.0 Å². The van der Waals surface area contributed by atoms with Crippen LogP contribution in [0.4, 0.5) is 0 Å². The molecule has 2 aliphatic carbocycles. The van der Waals surface area contributed by atoms with Crippen molar-refractivity contribution < 1.29 is 9.53 Å². The summed E-state index contributed by atoms with van der Waals surface area (Å²) in [6, 6.07) is 0. The fourth-order valence-electron chi connectivity index (χ4n) is 3.56. The number of ether oxygens (including phenoxy) is 1. The molecular formula is C15H24O2. The van der Waals surface area contributed by atoms with Gasteiger partial charge in [0.2, 0.25) is 0 Å². The second kappa shape index (κ2) is 4.47. The van der Waals surface area contributed by atoms with Crippen LogP contribution in [0, 0.1) is 17.3 Å². The Bertz CT molecular complexity index is 345. The molecule has 0 heterocycles. The lowest BCUT2D eigenvalue weighted by atomic mass is 9.57. The summed E-state index contributed by atoms with van der Waals surface area (Å²) < 4.78 is 5.33. The molecule has 1 saturated carbocycles. The Morgan fingerprint density at radius 2 is 2.12 bits per heavy atom. The second-order valence-electron chi connectivity index (χ2n) is 6.10. The molecule has 2 heteroatoms. The zero-order valence-corrected chi connectivity index (χ0v) is 11.5. The largest absolute Gasteiger partial charge is 0.458 e. The van der Waals surface area contributed by atoms with Crippen LogP contribution in [0.25, 0.3) is 0 Å². The molecule has 0 aromatic heterocycles. The van der Waals surface area contributed by atoms with Gasteiger partial charge in [-0.15, -0.1) is 0 Å². The predicted octanol–water partition coefficient (Wildman–Crippen LogP) is 3.71. The van der Waals surface area contributed by atoms with Crippen molar-refractivity contribution in [2.75, 3.05) is 0 Å². The first-order chi connectivity index (χ1) is 7.93. The summed E-state index contributed by atoms with van der Waals surface area (Å²) in [5.41, 5.74) is 1.87. The van der Waals surface area contributed by atoms with Crippen LogP contribution >= 0.6 is 0 Å². The van der Waals surface area contributed by atoms with Gasteiger partial charge in [0.25, 0.3) is 0 Å². The molecular weight excluding hydrogens is 212 g/mol. The van der Waals surface area contributed by atoms with E-state index in [2.05, 4.69) is 26.8 Å². The highest BCUT2D eigenvalue weighted by Gasteiger charge is 2.43. The number of hydrogen-bond acceptors (Lipinski definition) is 2. The number of carbonyl (C=O) groups excluding carboxylic acids is 1. The Labute approximate surface area is 104 Å². The number of allylic oxidation sites excluding steroid dienone is 1. The van der Waals surface area contributed by atoms with Crippen LogP contribution in [-0.4, -0.2) is 12.1 Å². The third kappa shape index (κ3) is 2.27. The van der Waals surface area contributed by atoms with E-state index in [1.54, 1.807) is 0 Å². The van der Waals surface area contributed by atoms with E-state index in [1.165, 1.54) is 25.3 Å². The van der Waals surface area contributed by atoms with E-state index in [0.29, 0.717) is 5.41 Å². The molecule has 0 aromatic rings. The van der Waals surface area contributed by atoms with Crippen LogP contribution in [0.5, 0.6) is 0 Å². The number of fused-ring (bicyclic) bond motifs is 1. The molecule has 0 N–H and O–H groups in total. The van der Waals surface area contributed by atoms with E-state index in [9.17, 15) is 4.79 Å². The zero-order valence-electron chi connectivity index (χ0n) is 11.5. The lowest BCUT2D eigenvalue weighted by molar-refractivity contribution is -0.145. The number of esters is 1. The first-order valence-corrected chi connectivity index (χ1v) is 6.82. The first-order valence-electron chi connectivity index (χ1n) is 6.82. The van der Waals surface area contributed by atoms with Gasteiger partial charge in [-0.2, -0.15) is 0 Å². The molecule has 2 rings (SSSR count). The normalized spacial score (nSPS) is 41.4. The third-order valence-electron chi connectivity index (χ3n) is 5.11. The van der Waals surface area contributed by atoms with E-state index < -0.39 is 0 Å². The first kappa shape index (κ1) is 12.7. The van der Waals surface area contributed by atoms with E-state index >= 15 is 0 Å². The lowest BCUT2D eigenvalue weighted by Gasteiger charge is -2.48. The molecule has 0 unspecified atom stereocenters. The minimum Gasteiger partial charge on any atom is -0.458 e. The van der Waals surface area contributed by atoms with Crippen LogP contribution in [0.1, 0.15) is 53.4 Å². The van der Waals surface area contributed by atoms with Crippen LogP contribution in [0.15, 0.2) is 11.6 Å². The van der Waals surface area contributed by atoms with Crippen molar-refractivity contribution in [2.45, 2.75) is 59.5 Å². The highest BCUT2D eigenvalue weighted by Crippen LogP contribution is 2.52. The van der Waals surface area contributed by atoms with Crippen molar-refractivity contribution in [1.29, 1.82) is 0 Å². The third-order valence-corrected chi connectivity index (χ3v) is 5.11. The summed E-state index contributed by atoms with van der Waals surface area (Å²) in [4.78, 5) is 11.0. The average molecular weight is 236 g/mol. The highest BCUT2D eigenvalue weighted by molar-refractivity contribution is 5.66. The fourth-order valence-corrected chi connectivity index (χ4v) is 3.56. The van der Waals surface area contributed by atoms with Gasteiger partial charge in [0.05, 0.1) is 0 Å². The van der Waals surface area contributed by atoms with Crippen molar-refractivity contribution in [3.63, 3.8) is 0 Å². The van der Waals surface area contributed by atoms with Gasteiger partial charge in [0, 0.05) is 6.92 Å². The maximum atomic E-state index is 11.0. The van der Waals surface area contributed by atoms with Gasteiger partial charge in [-0.1, -0.05) is 26.3 Å². The molecule has 1 fully saturated rings. The Balaban J connectivity index is 2.19. The van der Waals surface area contributed by atoms with Crippen LogP contribution in [0.3, 0.4) is 0 Å². The molecule has 0 radical (unpaired) electrons. The average Bonchev–Trinajstić information content (AvgIpc) is 2.26. The van der Waals surface area contributed by atoms with Gasteiger partial charge >= 0.3 is 5.97 Å². The molecule has 0 aliphatic heterocycles. The minimum absolute atomic E-state index is 0.0242. The molecule has 17 heavy (non-hydrogen) atoms. The number of rotatable bonds is 1. The SMILES string of the molecule is CC(=O)O[C@@H]1C=C2CC[C@@H](C)[C@@H](C)[C@@]2(C)CC1. The number of carbonyl (C=O) groups is 1. The molecule has 0 spiro atoms. The second-order valence-corrected chi connectivity index (χ2v) is 6.10.